The minimum Gasteiger partial charge on any atom is -0.343 e. The number of carbonyl (C=O) groups excluding carboxylic acids is 1. The minimum absolute atomic E-state index is 0.178. The van der Waals surface area contributed by atoms with Crippen LogP contribution in [0.2, 0.25) is 0 Å². The van der Waals surface area contributed by atoms with Crippen LogP contribution in [-0.2, 0) is 0 Å². The second kappa shape index (κ2) is 5.00. The van der Waals surface area contributed by atoms with E-state index in [1.54, 1.807) is 11.4 Å². The zero-order chi connectivity index (χ0) is 16.1. The number of amides is 1. The first-order chi connectivity index (χ1) is 10.3. The Bertz CT molecular complexity index is 754. The van der Waals surface area contributed by atoms with E-state index < -0.39 is 17.9 Å². The molecule has 0 aromatic carbocycles. The molecule has 0 saturated heterocycles. The molecule has 118 valence electrons. The molecule has 22 heavy (non-hydrogen) atoms. The Morgan fingerprint density at radius 2 is 2.14 bits per heavy atom. The highest BCUT2D eigenvalue weighted by Crippen LogP contribution is 2.35. The smallest absolute Gasteiger partial charge is 0.267 e. The van der Waals surface area contributed by atoms with Crippen molar-refractivity contribution < 1.29 is 13.6 Å². The number of aromatic nitrogens is 3. The number of hydrogen-bond donors (Lipinski definition) is 1. The molecule has 1 fully saturated rings. The SMILES string of the molecule is Cc1cc(C)n2nc(C)c(C(=O)NC3CCCC3(F)F)c2n1. The number of fused-ring (bicyclic) bond motifs is 1. The third-order valence-electron chi connectivity index (χ3n) is 4.12. The molecule has 1 atom stereocenters. The first-order valence-corrected chi connectivity index (χ1v) is 7.32. The van der Waals surface area contributed by atoms with Gasteiger partial charge in [-0.2, -0.15) is 5.10 Å². The fourth-order valence-electron chi connectivity index (χ4n) is 3.03. The van der Waals surface area contributed by atoms with Gasteiger partial charge in [0.1, 0.15) is 5.56 Å². The Morgan fingerprint density at radius 3 is 2.77 bits per heavy atom. The molecule has 2 aromatic heterocycles. The number of aryl methyl sites for hydroxylation is 3. The molecule has 1 amide bonds. The highest BCUT2D eigenvalue weighted by Gasteiger charge is 2.45. The molecule has 1 saturated carbocycles. The summed E-state index contributed by atoms with van der Waals surface area (Å²) in [7, 11) is 0. The van der Waals surface area contributed by atoms with E-state index in [0.717, 1.165) is 11.4 Å². The Labute approximate surface area is 126 Å². The molecule has 5 nitrogen and oxygen atoms in total. The summed E-state index contributed by atoms with van der Waals surface area (Å²) in [5.74, 6) is -3.37. The summed E-state index contributed by atoms with van der Waals surface area (Å²) in [5, 5.41) is 6.75. The lowest BCUT2D eigenvalue weighted by Gasteiger charge is -2.20. The Morgan fingerprint density at radius 1 is 1.41 bits per heavy atom. The zero-order valence-electron chi connectivity index (χ0n) is 12.8. The standard InChI is InChI=1S/C15H18F2N4O/c1-8-7-9(2)21-13(18-8)12(10(3)20-21)14(22)19-11-5-4-6-15(11,16)17/h7,11H,4-6H2,1-3H3,(H,19,22). The number of carbonyl (C=O) groups is 1. The van der Waals surface area contributed by atoms with Crippen LogP contribution in [0.1, 0.15) is 46.7 Å². The van der Waals surface area contributed by atoms with Gasteiger partial charge in [0.05, 0.1) is 11.7 Å². The number of nitrogens with zero attached hydrogens (tertiary/aromatic N) is 3. The van der Waals surface area contributed by atoms with Gasteiger partial charge in [-0.3, -0.25) is 4.79 Å². The summed E-state index contributed by atoms with van der Waals surface area (Å²) in [6.07, 6.45) is 0.535. The average molecular weight is 308 g/mol. The summed E-state index contributed by atoms with van der Waals surface area (Å²) < 4.78 is 29.0. The monoisotopic (exact) mass is 308 g/mol. The van der Waals surface area contributed by atoms with Crippen LogP contribution < -0.4 is 5.32 Å². The maximum Gasteiger partial charge on any atom is 0.267 e. The molecule has 0 bridgehead atoms. The topological polar surface area (TPSA) is 59.3 Å². The van der Waals surface area contributed by atoms with E-state index in [0.29, 0.717) is 24.2 Å². The van der Waals surface area contributed by atoms with E-state index in [-0.39, 0.29) is 12.0 Å². The van der Waals surface area contributed by atoms with Gasteiger partial charge < -0.3 is 5.32 Å². The van der Waals surface area contributed by atoms with Crippen molar-refractivity contribution >= 4 is 11.6 Å². The van der Waals surface area contributed by atoms with Crippen molar-refractivity contribution in [2.24, 2.45) is 0 Å². The summed E-state index contributed by atoms with van der Waals surface area (Å²) in [4.78, 5) is 16.8. The number of nitrogens with one attached hydrogen (secondary N) is 1. The van der Waals surface area contributed by atoms with Crippen LogP contribution in [-0.4, -0.2) is 32.5 Å². The quantitative estimate of drug-likeness (QED) is 0.927. The normalized spacial score (nSPS) is 20.5. The van der Waals surface area contributed by atoms with Crippen molar-refractivity contribution in [1.29, 1.82) is 0 Å². The fourth-order valence-corrected chi connectivity index (χ4v) is 3.03. The lowest BCUT2D eigenvalue weighted by atomic mass is 10.1. The first kappa shape index (κ1) is 14.9. The van der Waals surface area contributed by atoms with E-state index in [4.69, 9.17) is 0 Å². The van der Waals surface area contributed by atoms with Crippen molar-refractivity contribution in [3.05, 3.63) is 28.7 Å². The molecular weight excluding hydrogens is 290 g/mol. The van der Waals surface area contributed by atoms with Gasteiger partial charge >= 0.3 is 0 Å². The van der Waals surface area contributed by atoms with Crippen LogP contribution in [0.3, 0.4) is 0 Å². The average Bonchev–Trinajstić information content (AvgIpc) is 2.89. The van der Waals surface area contributed by atoms with Crippen LogP contribution in [0.25, 0.3) is 5.65 Å². The second-order valence-corrected chi connectivity index (χ2v) is 5.91. The predicted octanol–water partition coefficient (Wildman–Crippen LogP) is 2.57. The third-order valence-corrected chi connectivity index (χ3v) is 4.12. The van der Waals surface area contributed by atoms with Crippen LogP contribution in [0.5, 0.6) is 0 Å². The number of halogens is 2. The van der Waals surface area contributed by atoms with E-state index >= 15 is 0 Å². The van der Waals surface area contributed by atoms with E-state index in [1.807, 2.05) is 19.9 Å². The van der Waals surface area contributed by atoms with Crippen molar-refractivity contribution in [1.82, 2.24) is 19.9 Å². The summed E-state index contributed by atoms with van der Waals surface area (Å²) >= 11 is 0. The third kappa shape index (κ3) is 2.34. The molecule has 1 aliphatic carbocycles. The summed E-state index contributed by atoms with van der Waals surface area (Å²) in [6, 6.07) is 0.743. The minimum atomic E-state index is -2.84. The van der Waals surface area contributed by atoms with E-state index in [2.05, 4.69) is 15.4 Å². The molecular formula is C15H18F2N4O. The van der Waals surface area contributed by atoms with Gasteiger partial charge in [0, 0.05) is 17.8 Å². The molecule has 0 aliphatic heterocycles. The molecule has 1 unspecified atom stereocenters. The first-order valence-electron chi connectivity index (χ1n) is 7.32. The van der Waals surface area contributed by atoms with E-state index in [9.17, 15) is 13.6 Å². The molecule has 7 heteroatoms. The zero-order valence-corrected chi connectivity index (χ0v) is 12.8. The molecule has 1 aliphatic rings. The highest BCUT2D eigenvalue weighted by molar-refractivity contribution is 6.01. The van der Waals surface area contributed by atoms with E-state index in [1.165, 1.54) is 0 Å². The highest BCUT2D eigenvalue weighted by atomic mass is 19.3. The van der Waals surface area contributed by atoms with Crippen molar-refractivity contribution in [3.8, 4) is 0 Å². The fraction of sp³-hybridized carbons (Fsp3) is 0.533. The predicted molar refractivity (Wildman–Crippen MR) is 77.3 cm³/mol. The van der Waals surface area contributed by atoms with Gasteiger partial charge in [-0.05, 0) is 39.7 Å². The largest absolute Gasteiger partial charge is 0.343 e. The maximum absolute atomic E-state index is 13.7. The van der Waals surface area contributed by atoms with Crippen LogP contribution in [0.15, 0.2) is 6.07 Å². The Balaban J connectivity index is 1.99. The van der Waals surface area contributed by atoms with Crippen molar-refractivity contribution in [2.45, 2.75) is 52.0 Å². The van der Waals surface area contributed by atoms with Crippen LogP contribution in [0, 0.1) is 20.8 Å². The summed E-state index contributed by atoms with van der Waals surface area (Å²) in [6.45, 7) is 5.37. The van der Waals surface area contributed by atoms with Gasteiger partial charge in [-0.1, -0.05) is 0 Å². The lowest BCUT2D eigenvalue weighted by molar-refractivity contribution is -0.0164. The van der Waals surface area contributed by atoms with Crippen molar-refractivity contribution in [3.63, 3.8) is 0 Å². The van der Waals surface area contributed by atoms with Crippen LogP contribution >= 0.6 is 0 Å². The van der Waals surface area contributed by atoms with Gasteiger partial charge in [0.2, 0.25) is 0 Å². The number of alkyl halides is 2. The lowest BCUT2D eigenvalue weighted by Crippen LogP contribution is -2.44. The molecule has 0 spiro atoms. The molecule has 1 N–H and O–H groups in total. The van der Waals surface area contributed by atoms with Gasteiger partial charge in [-0.15, -0.1) is 0 Å². The molecule has 2 aromatic rings. The number of hydrogen-bond acceptors (Lipinski definition) is 3. The number of rotatable bonds is 2. The summed E-state index contributed by atoms with van der Waals surface area (Å²) in [5.41, 5.74) is 2.77. The van der Waals surface area contributed by atoms with Gasteiger partial charge in [0.15, 0.2) is 5.65 Å². The molecule has 0 radical (unpaired) electrons. The Hall–Kier alpha value is -2.05. The van der Waals surface area contributed by atoms with Gasteiger partial charge in [-0.25, -0.2) is 18.3 Å². The van der Waals surface area contributed by atoms with Gasteiger partial charge in [0.25, 0.3) is 11.8 Å². The molecule has 2 heterocycles. The Kier molecular flexibility index (Phi) is 3.38. The van der Waals surface area contributed by atoms with Crippen LogP contribution in [0.4, 0.5) is 8.78 Å². The molecule has 3 rings (SSSR count). The second-order valence-electron chi connectivity index (χ2n) is 5.91. The van der Waals surface area contributed by atoms with Crippen molar-refractivity contribution in [2.75, 3.05) is 0 Å². The maximum atomic E-state index is 13.7.